The molecule has 9 heteroatoms. The largest absolute Gasteiger partial charge is 0.462 e. The number of carbonyl (C=O) groups is 2. The highest BCUT2D eigenvalue weighted by molar-refractivity contribution is 7.99. The Morgan fingerprint density at radius 2 is 2.04 bits per heavy atom. The zero-order valence-electron chi connectivity index (χ0n) is 15.5. The van der Waals surface area contributed by atoms with Crippen LogP contribution in [0.5, 0.6) is 0 Å². The molecule has 2 aromatic heterocycles. The lowest BCUT2D eigenvalue weighted by atomic mass is 10.1. The monoisotopic (exact) mass is 416 g/mol. The first-order valence-electron chi connectivity index (χ1n) is 8.79. The van der Waals surface area contributed by atoms with Crippen LogP contribution in [-0.2, 0) is 16.1 Å². The van der Waals surface area contributed by atoms with Gasteiger partial charge in [0.25, 0.3) is 0 Å². The number of carbonyl (C=O) groups excluding carboxylic acids is 2. The Labute approximate surface area is 171 Å². The van der Waals surface area contributed by atoms with E-state index in [0.29, 0.717) is 15.7 Å². The third kappa shape index (κ3) is 4.79. The quantitative estimate of drug-likeness (QED) is 0.442. The number of amides is 1. The van der Waals surface area contributed by atoms with Crippen molar-refractivity contribution < 1.29 is 14.3 Å². The summed E-state index contributed by atoms with van der Waals surface area (Å²) in [4.78, 5) is 25.7. The highest BCUT2D eigenvalue weighted by Crippen LogP contribution is 2.36. The summed E-state index contributed by atoms with van der Waals surface area (Å²) in [7, 11) is 0. The predicted octanol–water partition coefficient (Wildman–Crippen LogP) is 3.93. The number of thiophene rings is 1. The molecular formula is C19H20N4O3S2. The number of ether oxygens (including phenoxy) is 1. The van der Waals surface area contributed by atoms with Crippen molar-refractivity contribution in [3.05, 3.63) is 48.3 Å². The van der Waals surface area contributed by atoms with E-state index in [1.807, 2.05) is 41.8 Å². The van der Waals surface area contributed by atoms with Gasteiger partial charge in [-0.05, 0) is 25.5 Å². The first kappa shape index (κ1) is 20.1. The predicted molar refractivity (Wildman–Crippen MR) is 111 cm³/mol. The molecule has 0 saturated carbocycles. The summed E-state index contributed by atoms with van der Waals surface area (Å²) in [5, 5.41) is 11.9. The van der Waals surface area contributed by atoms with E-state index in [-0.39, 0.29) is 18.3 Å². The number of hydrogen-bond donors (Lipinski definition) is 1. The number of aromatic nitrogens is 3. The molecule has 0 aliphatic heterocycles. The van der Waals surface area contributed by atoms with E-state index in [1.165, 1.54) is 23.1 Å². The van der Waals surface area contributed by atoms with Gasteiger partial charge in [-0.3, -0.25) is 4.79 Å². The van der Waals surface area contributed by atoms with Gasteiger partial charge in [0.1, 0.15) is 11.3 Å². The number of thioether (sulfide) groups is 1. The highest BCUT2D eigenvalue weighted by atomic mass is 32.2. The van der Waals surface area contributed by atoms with Crippen LogP contribution < -0.4 is 5.32 Å². The fourth-order valence-electron chi connectivity index (χ4n) is 2.45. The summed E-state index contributed by atoms with van der Waals surface area (Å²) in [6, 6.07) is 11.5. The molecule has 0 unspecified atom stereocenters. The third-order valence-electron chi connectivity index (χ3n) is 3.79. The summed E-state index contributed by atoms with van der Waals surface area (Å²) in [6.07, 6.45) is 1.63. The van der Waals surface area contributed by atoms with E-state index in [2.05, 4.69) is 15.5 Å². The Hall–Kier alpha value is -2.65. The lowest BCUT2D eigenvalue weighted by Gasteiger charge is -2.06. The molecule has 3 rings (SSSR count). The van der Waals surface area contributed by atoms with Crippen LogP contribution in [0.3, 0.4) is 0 Å². The zero-order chi connectivity index (χ0) is 19.9. The van der Waals surface area contributed by atoms with Gasteiger partial charge in [0, 0.05) is 11.4 Å². The molecule has 28 heavy (non-hydrogen) atoms. The molecular weight excluding hydrogens is 396 g/mol. The molecule has 0 fully saturated rings. The van der Waals surface area contributed by atoms with E-state index >= 15 is 0 Å². The molecule has 2 heterocycles. The first-order chi connectivity index (χ1) is 13.6. The van der Waals surface area contributed by atoms with Gasteiger partial charge in [-0.1, -0.05) is 42.1 Å². The standard InChI is InChI=1S/C19H20N4O3S2/c1-3-23-12-20-22-19(23)27-11-16(24)21-17-14(18(25)26-4-2)10-15(28-17)13-8-6-5-7-9-13/h5-10,12H,3-4,11H2,1-2H3,(H,21,24). The van der Waals surface area contributed by atoms with Crippen molar-refractivity contribution in [2.45, 2.75) is 25.5 Å². The lowest BCUT2D eigenvalue weighted by molar-refractivity contribution is -0.113. The topological polar surface area (TPSA) is 86.1 Å². The Balaban J connectivity index is 1.76. The maximum Gasteiger partial charge on any atom is 0.341 e. The average Bonchev–Trinajstić information content (AvgIpc) is 3.34. The molecule has 1 N–H and O–H groups in total. The second-order valence-electron chi connectivity index (χ2n) is 5.68. The van der Waals surface area contributed by atoms with E-state index in [4.69, 9.17) is 4.74 Å². The maximum atomic E-state index is 12.5. The molecule has 1 amide bonds. The molecule has 0 saturated heterocycles. The number of anilines is 1. The maximum absolute atomic E-state index is 12.5. The van der Waals surface area contributed by atoms with Gasteiger partial charge in [-0.15, -0.1) is 21.5 Å². The van der Waals surface area contributed by atoms with Crippen LogP contribution in [0.2, 0.25) is 0 Å². The van der Waals surface area contributed by atoms with E-state index < -0.39 is 5.97 Å². The first-order valence-corrected chi connectivity index (χ1v) is 10.6. The SMILES string of the molecule is CCOC(=O)c1cc(-c2ccccc2)sc1NC(=O)CSc1nncn1CC. The number of rotatable bonds is 8. The van der Waals surface area contributed by atoms with Crippen molar-refractivity contribution in [2.75, 3.05) is 17.7 Å². The summed E-state index contributed by atoms with van der Waals surface area (Å²) in [5.41, 5.74) is 1.34. The smallest absolute Gasteiger partial charge is 0.341 e. The van der Waals surface area contributed by atoms with Crippen molar-refractivity contribution in [1.29, 1.82) is 0 Å². The number of hydrogen-bond acceptors (Lipinski definition) is 7. The summed E-state index contributed by atoms with van der Waals surface area (Å²) in [6.45, 7) is 4.73. The molecule has 3 aromatic rings. The number of esters is 1. The van der Waals surface area contributed by atoms with Crippen molar-refractivity contribution in [3.8, 4) is 10.4 Å². The molecule has 1 aromatic carbocycles. The summed E-state index contributed by atoms with van der Waals surface area (Å²) in [5.74, 6) is -0.503. The van der Waals surface area contributed by atoms with Gasteiger partial charge in [-0.2, -0.15) is 0 Å². The molecule has 7 nitrogen and oxygen atoms in total. The third-order valence-corrected chi connectivity index (χ3v) is 5.87. The average molecular weight is 417 g/mol. The molecule has 0 aliphatic carbocycles. The van der Waals surface area contributed by atoms with Gasteiger partial charge in [0.05, 0.1) is 17.9 Å². The van der Waals surface area contributed by atoms with Gasteiger partial charge >= 0.3 is 5.97 Å². The van der Waals surface area contributed by atoms with Crippen LogP contribution in [0.25, 0.3) is 10.4 Å². The Bertz CT molecular complexity index is 953. The second kappa shape index (κ2) is 9.52. The highest BCUT2D eigenvalue weighted by Gasteiger charge is 2.20. The van der Waals surface area contributed by atoms with E-state index in [9.17, 15) is 9.59 Å². The zero-order valence-corrected chi connectivity index (χ0v) is 17.2. The fraction of sp³-hybridized carbons (Fsp3) is 0.263. The van der Waals surface area contributed by atoms with Crippen LogP contribution in [0, 0.1) is 0 Å². The van der Waals surface area contributed by atoms with Gasteiger partial charge < -0.3 is 14.6 Å². The van der Waals surface area contributed by atoms with Crippen molar-refractivity contribution in [1.82, 2.24) is 14.8 Å². The minimum atomic E-state index is -0.449. The minimum Gasteiger partial charge on any atom is -0.462 e. The molecule has 0 bridgehead atoms. The Morgan fingerprint density at radius 1 is 1.25 bits per heavy atom. The van der Waals surface area contributed by atoms with Crippen LogP contribution in [0.4, 0.5) is 5.00 Å². The second-order valence-corrected chi connectivity index (χ2v) is 7.67. The summed E-state index contributed by atoms with van der Waals surface area (Å²) < 4.78 is 7.00. The molecule has 146 valence electrons. The van der Waals surface area contributed by atoms with Crippen molar-refractivity contribution in [2.24, 2.45) is 0 Å². The summed E-state index contributed by atoms with van der Waals surface area (Å²) >= 11 is 2.65. The molecule has 0 spiro atoms. The number of nitrogens with one attached hydrogen (secondary N) is 1. The fourth-order valence-corrected chi connectivity index (χ4v) is 4.30. The van der Waals surface area contributed by atoms with Gasteiger partial charge in [0.2, 0.25) is 5.91 Å². The normalized spacial score (nSPS) is 10.6. The Kier molecular flexibility index (Phi) is 6.83. The lowest BCUT2D eigenvalue weighted by Crippen LogP contribution is -2.16. The van der Waals surface area contributed by atoms with E-state index in [0.717, 1.165) is 17.0 Å². The van der Waals surface area contributed by atoms with Crippen molar-refractivity contribution >= 4 is 40.0 Å². The van der Waals surface area contributed by atoms with Crippen LogP contribution in [0.15, 0.2) is 47.9 Å². The van der Waals surface area contributed by atoms with Crippen molar-refractivity contribution in [3.63, 3.8) is 0 Å². The van der Waals surface area contributed by atoms with Crippen LogP contribution >= 0.6 is 23.1 Å². The number of nitrogens with zero attached hydrogens (tertiary/aromatic N) is 3. The Morgan fingerprint density at radius 3 is 2.75 bits per heavy atom. The minimum absolute atomic E-state index is 0.166. The number of aryl methyl sites for hydroxylation is 1. The molecule has 0 atom stereocenters. The van der Waals surface area contributed by atoms with E-state index in [1.54, 1.807) is 19.3 Å². The molecule has 0 aliphatic rings. The van der Waals surface area contributed by atoms with Gasteiger partial charge in [0.15, 0.2) is 5.16 Å². The van der Waals surface area contributed by atoms with Crippen LogP contribution in [0.1, 0.15) is 24.2 Å². The van der Waals surface area contributed by atoms with Crippen LogP contribution in [-0.4, -0.2) is 39.0 Å². The molecule has 0 radical (unpaired) electrons. The number of benzene rings is 1. The van der Waals surface area contributed by atoms with Gasteiger partial charge in [-0.25, -0.2) is 4.79 Å².